The van der Waals surface area contributed by atoms with Crippen LogP contribution >= 0.6 is 22.6 Å². The largest absolute Gasteiger partial charge is 0.508 e. The van der Waals surface area contributed by atoms with E-state index >= 15 is 0 Å². The number of nitrogens with one attached hydrogen (secondary N) is 1. The molecular formula is C32H41FIN3O4. The van der Waals surface area contributed by atoms with Gasteiger partial charge in [0.1, 0.15) is 11.6 Å². The Hall–Kier alpha value is -2.76. The molecule has 0 spiro atoms. The quantitative estimate of drug-likeness (QED) is 0.214. The maximum absolute atomic E-state index is 14.3. The molecule has 0 saturated carbocycles. The lowest BCUT2D eigenvalue weighted by Gasteiger charge is -2.42. The number of aliphatic hydroxyl groups excluding tert-OH is 1. The Morgan fingerprint density at radius 3 is 2.46 bits per heavy atom. The van der Waals surface area contributed by atoms with E-state index in [0.717, 1.165) is 28.0 Å². The van der Waals surface area contributed by atoms with Crippen LogP contribution in [0, 0.1) is 20.7 Å². The predicted octanol–water partition coefficient (Wildman–Crippen LogP) is 4.84. The van der Waals surface area contributed by atoms with E-state index in [2.05, 4.69) is 27.9 Å². The molecule has 2 aromatic carbocycles. The number of phenolic OH excluding ortho intramolecular Hbond substituents is 1. The summed E-state index contributed by atoms with van der Waals surface area (Å²) in [6.45, 7) is 7.63. The number of aromatic hydroxyl groups is 1. The number of allylic oxidation sites excluding steroid dienone is 2. The second-order valence-corrected chi connectivity index (χ2v) is 12.1. The average Bonchev–Trinajstić information content (AvgIpc) is 2.90. The zero-order valence-electron chi connectivity index (χ0n) is 24.0. The first kappa shape index (κ1) is 32.8. The molecule has 9 heteroatoms. The normalized spacial score (nSPS) is 18.3. The van der Waals surface area contributed by atoms with Crippen molar-refractivity contribution in [3.63, 3.8) is 0 Å². The Morgan fingerprint density at radius 1 is 1.15 bits per heavy atom. The van der Waals surface area contributed by atoms with Gasteiger partial charge in [0.2, 0.25) is 11.8 Å². The molecule has 2 aromatic rings. The van der Waals surface area contributed by atoms with E-state index in [1.54, 1.807) is 24.0 Å². The van der Waals surface area contributed by atoms with Crippen LogP contribution < -0.4 is 11.1 Å². The Kier molecular flexibility index (Phi) is 11.9. The van der Waals surface area contributed by atoms with E-state index in [1.165, 1.54) is 12.1 Å². The molecule has 0 aliphatic heterocycles. The van der Waals surface area contributed by atoms with Crippen LogP contribution in [0.3, 0.4) is 0 Å². The summed E-state index contributed by atoms with van der Waals surface area (Å²) in [4.78, 5) is 28.8. The van der Waals surface area contributed by atoms with Gasteiger partial charge in [-0.1, -0.05) is 43.7 Å². The lowest BCUT2D eigenvalue weighted by Crippen LogP contribution is -2.51. The number of carbonyl (C=O) groups is 2. The monoisotopic (exact) mass is 677 g/mol. The molecule has 0 saturated heterocycles. The number of hydrogen-bond acceptors (Lipinski definition) is 5. The highest BCUT2D eigenvalue weighted by Crippen LogP contribution is 2.44. The number of primary amides is 1. The fraction of sp³-hybridized carbons (Fsp3) is 0.438. The van der Waals surface area contributed by atoms with Crippen LogP contribution in [0.2, 0.25) is 0 Å². The summed E-state index contributed by atoms with van der Waals surface area (Å²) in [5.41, 5.74) is 7.30. The summed E-state index contributed by atoms with van der Waals surface area (Å²) in [7, 11) is 0. The van der Waals surface area contributed by atoms with Gasteiger partial charge in [-0.2, -0.15) is 0 Å². The molecule has 1 aliphatic rings. The molecule has 7 nitrogen and oxygen atoms in total. The zero-order valence-corrected chi connectivity index (χ0v) is 26.2. The minimum Gasteiger partial charge on any atom is -0.508 e. The van der Waals surface area contributed by atoms with E-state index in [4.69, 9.17) is 5.73 Å². The summed E-state index contributed by atoms with van der Waals surface area (Å²) in [6.07, 6.45) is 4.10. The SMILES string of the molecule is CCCN(CCC)C(=O)C1=CC(C)=CC(C(N)=O)([C@H](Cc2cc(O)cc(F)c2)[C@@H](O)CNCc2cccc(I)c2)C1. The van der Waals surface area contributed by atoms with Crippen molar-refractivity contribution in [2.24, 2.45) is 17.1 Å². The maximum atomic E-state index is 14.3. The van der Waals surface area contributed by atoms with Crippen LogP contribution in [-0.2, 0) is 22.6 Å². The Bertz CT molecular complexity index is 1270. The van der Waals surface area contributed by atoms with Gasteiger partial charge in [-0.05, 0) is 90.6 Å². The minimum atomic E-state index is -1.42. The summed E-state index contributed by atoms with van der Waals surface area (Å²) in [5.74, 6) is -2.52. The van der Waals surface area contributed by atoms with Crippen molar-refractivity contribution in [2.75, 3.05) is 19.6 Å². The zero-order chi connectivity index (χ0) is 30.2. The number of rotatable bonds is 14. The summed E-state index contributed by atoms with van der Waals surface area (Å²) in [6, 6.07) is 11.7. The maximum Gasteiger partial charge on any atom is 0.249 e. The van der Waals surface area contributed by atoms with E-state index in [1.807, 2.05) is 38.1 Å². The Balaban J connectivity index is 1.98. The van der Waals surface area contributed by atoms with Crippen molar-refractivity contribution >= 4 is 34.4 Å². The summed E-state index contributed by atoms with van der Waals surface area (Å²) < 4.78 is 15.4. The highest BCUT2D eigenvalue weighted by molar-refractivity contribution is 14.1. The lowest BCUT2D eigenvalue weighted by molar-refractivity contribution is -0.132. The molecule has 41 heavy (non-hydrogen) atoms. The number of halogens is 2. The molecule has 1 aliphatic carbocycles. The molecule has 1 unspecified atom stereocenters. The van der Waals surface area contributed by atoms with Gasteiger partial charge in [0.25, 0.3) is 0 Å². The van der Waals surface area contributed by atoms with Gasteiger partial charge in [0.05, 0.1) is 11.5 Å². The van der Waals surface area contributed by atoms with Crippen LogP contribution in [0.1, 0.15) is 51.2 Å². The third kappa shape index (κ3) is 8.62. The molecular weight excluding hydrogens is 636 g/mol. The Labute approximate surface area is 255 Å². The average molecular weight is 678 g/mol. The summed E-state index contributed by atoms with van der Waals surface area (Å²) in [5, 5.41) is 25.0. The van der Waals surface area contributed by atoms with Gasteiger partial charge in [-0.25, -0.2) is 4.39 Å². The fourth-order valence-electron chi connectivity index (χ4n) is 5.73. The third-order valence-corrected chi connectivity index (χ3v) is 8.14. The van der Waals surface area contributed by atoms with Gasteiger partial charge < -0.3 is 26.2 Å². The first-order valence-electron chi connectivity index (χ1n) is 14.1. The number of benzene rings is 2. The number of hydrogen-bond donors (Lipinski definition) is 4. The highest BCUT2D eigenvalue weighted by atomic mass is 127. The predicted molar refractivity (Wildman–Crippen MR) is 167 cm³/mol. The van der Waals surface area contributed by atoms with Crippen molar-refractivity contribution in [1.82, 2.24) is 10.2 Å². The second kappa shape index (κ2) is 14.9. The van der Waals surface area contributed by atoms with E-state index in [-0.39, 0.29) is 31.0 Å². The number of aliphatic hydroxyl groups is 1. The number of carbonyl (C=O) groups excluding carboxylic acids is 2. The first-order chi connectivity index (χ1) is 19.5. The molecule has 3 atom stereocenters. The molecule has 3 rings (SSSR count). The summed E-state index contributed by atoms with van der Waals surface area (Å²) >= 11 is 2.24. The standard InChI is InChI=1S/C32H41FIN3O4/c1-4-9-37(10-5-2)30(40)24-11-21(3)17-32(18-24,31(35)41)28(15-23-12-25(33)16-27(38)14-23)29(39)20-36-19-22-7-6-8-26(34)13-22/h6-8,11-14,16-17,28-29,36,38-39H,4-5,9-10,15,18-20H2,1-3H3,(H2,35,41)/t28-,29+,32?/m1/s1. The van der Waals surface area contributed by atoms with Crippen LogP contribution in [0.5, 0.6) is 5.75 Å². The highest BCUT2D eigenvalue weighted by Gasteiger charge is 2.48. The molecule has 0 aromatic heterocycles. The molecule has 0 bridgehead atoms. The van der Waals surface area contributed by atoms with Crippen LogP contribution in [0.4, 0.5) is 4.39 Å². The fourth-order valence-corrected chi connectivity index (χ4v) is 6.34. The number of nitrogens with zero attached hydrogens (tertiary/aromatic N) is 1. The van der Waals surface area contributed by atoms with Crippen molar-refractivity contribution in [1.29, 1.82) is 0 Å². The Morgan fingerprint density at radius 2 is 1.85 bits per heavy atom. The van der Waals surface area contributed by atoms with Crippen molar-refractivity contribution in [3.8, 4) is 5.75 Å². The van der Waals surface area contributed by atoms with Crippen molar-refractivity contribution in [3.05, 3.63) is 86.3 Å². The van der Waals surface area contributed by atoms with Gasteiger partial charge in [0.15, 0.2) is 0 Å². The second-order valence-electron chi connectivity index (χ2n) is 10.9. The van der Waals surface area contributed by atoms with Crippen LogP contribution in [0.15, 0.2) is 65.8 Å². The van der Waals surface area contributed by atoms with E-state index < -0.39 is 29.2 Å². The van der Waals surface area contributed by atoms with E-state index in [9.17, 15) is 24.2 Å². The smallest absolute Gasteiger partial charge is 0.249 e. The van der Waals surface area contributed by atoms with Gasteiger partial charge in [-0.3, -0.25) is 9.59 Å². The van der Waals surface area contributed by atoms with Crippen LogP contribution in [0.25, 0.3) is 0 Å². The molecule has 5 N–H and O–H groups in total. The van der Waals surface area contributed by atoms with Gasteiger partial charge in [-0.15, -0.1) is 0 Å². The third-order valence-electron chi connectivity index (χ3n) is 7.47. The molecule has 2 amide bonds. The molecule has 0 fully saturated rings. The van der Waals surface area contributed by atoms with E-state index in [0.29, 0.717) is 36.3 Å². The number of nitrogens with two attached hydrogens (primary N) is 1. The minimum absolute atomic E-state index is 0.0162. The molecule has 222 valence electrons. The molecule has 0 heterocycles. The van der Waals surface area contributed by atoms with Crippen molar-refractivity contribution in [2.45, 2.75) is 59.1 Å². The van der Waals surface area contributed by atoms with Gasteiger partial charge in [0, 0.05) is 47.3 Å². The van der Waals surface area contributed by atoms with Crippen LogP contribution in [-0.4, -0.2) is 52.7 Å². The van der Waals surface area contributed by atoms with Gasteiger partial charge >= 0.3 is 0 Å². The number of phenols is 1. The topological polar surface area (TPSA) is 116 Å². The molecule has 0 radical (unpaired) electrons. The lowest BCUT2D eigenvalue weighted by atomic mass is 9.63. The van der Waals surface area contributed by atoms with Crippen molar-refractivity contribution < 1.29 is 24.2 Å². The number of amides is 2. The first-order valence-corrected chi connectivity index (χ1v) is 15.2.